The molecule has 0 bridgehead atoms. The summed E-state index contributed by atoms with van der Waals surface area (Å²) in [5, 5.41) is 0. The summed E-state index contributed by atoms with van der Waals surface area (Å²) in [5.41, 5.74) is 1.89. The predicted molar refractivity (Wildman–Crippen MR) is 104 cm³/mol. The van der Waals surface area contributed by atoms with Crippen molar-refractivity contribution >= 4 is 0 Å². The second-order valence-electron chi connectivity index (χ2n) is 4.87. The Kier molecular flexibility index (Phi) is 15.6. The summed E-state index contributed by atoms with van der Waals surface area (Å²) in [6.07, 6.45) is 1.77. The van der Waals surface area contributed by atoms with E-state index in [-0.39, 0.29) is 11.4 Å². The van der Waals surface area contributed by atoms with Gasteiger partial charge in [0.05, 0.1) is 0 Å². The highest BCUT2D eigenvalue weighted by molar-refractivity contribution is 5.25. The first-order valence-corrected chi connectivity index (χ1v) is 9.20. The van der Waals surface area contributed by atoms with Gasteiger partial charge in [-0.25, -0.2) is 8.78 Å². The number of alkyl halides is 3. The first-order valence-electron chi connectivity index (χ1n) is 9.20. The zero-order valence-corrected chi connectivity index (χ0v) is 16.8. The Labute approximate surface area is 156 Å². The Morgan fingerprint density at radius 3 is 1.35 bits per heavy atom. The lowest BCUT2D eigenvalue weighted by atomic mass is 10.1. The van der Waals surface area contributed by atoms with Crippen LogP contribution in [0.25, 0.3) is 0 Å². The Morgan fingerprint density at radius 1 is 0.692 bits per heavy atom. The maximum atomic E-state index is 12.7. The van der Waals surface area contributed by atoms with Crippen LogP contribution in [0.5, 0.6) is 0 Å². The Balaban J connectivity index is 0. The standard InChI is InChI=1S/C10H11F3.C8H9F.2C2H6/c1-2-8-3-5-9(6-4-8)10(12,13)7-11;1-2-7-3-5-8(9)6-4-7;2*1-2/h3-6H,2,7H2,1H3;3-6H,2H2,1H3;2*1-2H3. The quantitative estimate of drug-likeness (QED) is 0.481. The van der Waals surface area contributed by atoms with Crippen molar-refractivity contribution in [3.8, 4) is 0 Å². The molecule has 0 aliphatic rings. The van der Waals surface area contributed by atoms with Gasteiger partial charge >= 0.3 is 5.92 Å². The molecule has 2 aromatic rings. The second kappa shape index (κ2) is 15.4. The number of hydrogen-bond acceptors (Lipinski definition) is 0. The van der Waals surface area contributed by atoms with Crippen molar-refractivity contribution in [3.63, 3.8) is 0 Å². The number of halogens is 4. The van der Waals surface area contributed by atoms with E-state index in [4.69, 9.17) is 0 Å². The Bertz CT molecular complexity index is 545. The summed E-state index contributed by atoms with van der Waals surface area (Å²) in [6, 6.07) is 12.3. The third-order valence-corrected chi connectivity index (χ3v) is 3.27. The molecule has 0 unspecified atom stereocenters. The molecule has 0 nitrogen and oxygen atoms in total. The van der Waals surface area contributed by atoms with Crippen LogP contribution in [0.15, 0.2) is 48.5 Å². The van der Waals surface area contributed by atoms with Gasteiger partial charge < -0.3 is 0 Å². The molecule has 148 valence electrons. The SMILES string of the molecule is CC.CC.CCc1ccc(C(F)(F)CF)cc1.CCc1ccc(F)cc1. The normalized spacial score (nSPS) is 9.62. The van der Waals surface area contributed by atoms with Gasteiger partial charge in [-0.05, 0) is 36.1 Å². The van der Waals surface area contributed by atoms with Gasteiger partial charge in [-0.15, -0.1) is 0 Å². The number of hydrogen-bond donors (Lipinski definition) is 0. The second-order valence-corrected chi connectivity index (χ2v) is 4.87. The molecule has 0 aromatic heterocycles. The summed E-state index contributed by atoms with van der Waals surface area (Å²) in [5.74, 6) is -3.50. The molecule has 2 aromatic carbocycles. The molecule has 4 heteroatoms. The molecule has 2 rings (SSSR count). The Morgan fingerprint density at radius 2 is 1.04 bits per heavy atom. The topological polar surface area (TPSA) is 0 Å². The summed E-state index contributed by atoms with van der Waals surface area (Å²) in [4.78, 5) is 0. The van der Waals surface area contributed by atoms with Crippen LogP contribution in [0.3, 0.4) is 0 Å². The van der Waals surface area contributed by atoms with Crippen LogP contribution in [0.4, 0.5) is 17.6 Å². The average Bonchev–Trinajstić information content (AvgIpc) is 2.72. The summed E-state index contributed by atoms with van der Waals surface area (Å²) < 4.78 is 49.6. The molecule has 0 aliphatic heterocycles. The summed E-state index contributed by atoms with van der Waals surface area (Å²) in [7, 11) is 0. The van der Waals surface area contributed by atoms with E-state index in [1.807, 2.05) is 41.5 Å². The van der Waals surface area contributed by atoms with E-state index in [2.05, 4.69) is 0 Å². The summed E-state index contributed by atoms with van der Waals surface area (Å²) in [6.45, 7) is 10.3. The van der Waals surface area contributed by atoms with Gasteiger partial charge in [-0.3, -0.25) is 0 Å². The molecule has 0 spiro atoms. The zero-order valence-electron chi connectivity index (χ0n) is 16.8. The monoisotopic (exact) mass is 372 g/mol. The van der Waals surface area contributed by atoms with E-state index in [0.29, 0.717) is 0 Å². The fourth-order valence-electron chi connectivity index (χ4n) is 1.78. The van der Waals surface area contributed by atoms with E-state index in [9.17, 15) is 17.6 Å². The molecule has 0 saturated carbocycles. The maximum Gasteiger partial charge on any atom is 0.301 e. The highest BCUT2D eigenvalue weighted by Gasteiger charge is 2.31. The van der Waals surface area contributed by atoms with Crippen molar-refractivity contribution < 1.29 is 17.6 Å². The van der Waals surface area contributed by atoms with E-state index in [0.717, 1.165) is 18.4 Å². The molecule has 0 radical (unpaired) electrons. The zero-order chi connectivity index (χ0) is 20.6. The minimum absolute atomic E-state index is 0.160. The largest absolute Gasteiger partial charge is 0.301 e. The first-order chi connectivity index (χ1) is 12.4. The van der Waals surface area contributed by atoms with E-state index in [1.54, 1.807) is 24.3 Å². The lowest BCUT2D eigenvalue weighted by Crippen LogP contribution is -2.15. The van der Waals surface area contributed by atoms with Crippen LogP contribution in [0.1, 0.15) is 58.2 Å². The van der Waals surface area contributed by atoms with Gasteiger partial charge in [0.1, 0.15) is 5.82 Å². The molecular weight excluding hydrogens is 340 g/mol. The van der Waals surface area contributed by atoms with Crippen molar-refractivity contribution in [1.82, 2.24) is 0 Å². The third-order valence-electron chi connectivity index (χ3n) is 3.27. The number of aryl methyl sites for hydroxylation is 2. The van der Waals surface area contributed by atoms with Crippen molar-refractivity contribution in [1.29, 1.82) is 0 Å². The van der Waals surface area contributed by atoms with Gasteiger partial charge in [0.15, 0.2) is 6.67 Å². The van der Waals surface area contributed by atoms with Crippen LogP contribution in [-0.4, -0.2) is 6.67 Å². The lowest BCUT2D eigenvalue weighted by molar-refractivity contribution is -0.0280. The molecule has 0 saturated heterocycles. The molecule has 0 aliphatic carbocycles. The molecule has 0 amide bonds. The van der Waals surface area contributed by atoms with E-state index in [1.165, 1.54) is 29.8 Å². The number of rotatable bonds is 4. The van der Waals surface area contributed by atoms with Gasteiger partial charge in [0, 0.05) is 5.56 Å². The van der Waals surface area contributed by atoms with Crippen LogP contribution >= 0.6 is 0 Å². The lowest BCUT2D eigenvalue weighted by Gasteiger charge is -2.12. The molecule has 26 heavy (non-hydrogen) atoms. The Hall–Kier alpha value is -1.84. The average molecular weight is 372 g/mol. The smallest absolute Gasteiger partial charge is 0.244 e. The fourth-order valence-corrected chi connectivity index (χ4v) is 1.78. The molecule has 0 heterocycles. The van der Waals surface area contributed by atoms with Crippen molar-refractivity contribution in [2.75, 3.05) is 6.67 Å². The van der Waals surface area contributed by atoms with E-state index < -0.39 is 12.6 Å². The van der Waals surface area contributed by atoms with Crippen LogP contribution in [-0.2, 0) is 18.8 Å². The third kappa shape index (κ3) is 10.2. The predicted octanol–water partition coefficient (Wildman–Crippen LogP) is 7.75. The summed E-state index contributed by atoms with van der Waals surface area (Å²) >= 11 is 0. The van der Waals surface area contributed by atoms with Crippen molar-refractivity contribution in [2.24, 2.45) is 0 Å². The number of benzene rings is 2. The van der Waals surface area contributed by atoms with Crippen LogP contribution in [0.2, 0.25) is 0 Å². The highest BCUT2D eigenvalue weighted by atomic mass is 19.3. The van der Waals surface area contributed by atoms with Crippen LogP contribution in [0, 0.1) is 5.82 Å². The fraction of sp³-hybridized carbons (Fsp3) is 0.455. The van der Waals surface area contributed by atoms with Gasteiger partial charge in [0.25, 0.3) is 0 Å². The highest BCUT2D eigenvalue weighted by Crippen LogP contribution is 2.28. The van der Waals surface area contributed by atoms with Gasteiger partial charge in [-0.2, -0.15) is 8.78 Å². The van der Waals surface area contributed by atoms with Gasteiger partial charge in [0.2, 0.25) is 0 Å². The van der Waals surface area contributed by atoms with Crippen LogP contribution < -0.4 is 0 Å². The molecule has 0 N–H and O–H groups in total. The van der Waals surface area contributed by atoms with Crippen molar-refractivity contribution in [3.05, 3.63) is 71.0 Å². The van der Waals surface area contributed by atoms with Gasteiger partial charge in [-0.1, -0.05) is 77.9 Å². The maximum absolute atomic E-state index is 12.7. The first kappa shape index (κ1) is 26.4. The minimum Gasteiger partial charge on any atom is -0.244 e. The molecular formula is C22H32F4. The molecule has 0 atom stereocenters. The minimum atomic E-state index is -3.34. The van der Waals surface area contributed by atoms with E-state index >= 15 is 0 Å². The van der Waals surface area contributed by atoms with Crippen molar-refractivity contribution in [2.45, 2.75) is 60.3 Å². The molecule has 0 fully saturated rings.